The van der Waals surface area contributed by atoms with Crippen molar-refractivity contribution < 1.29 is 19.0 Å². The van der Waals surface area contributed by atoms with Gasteiger partial charge in [-0.15, -0.1) is 5.10 Å². The van der Waals surface area contributed by atoms with Gasteiger partial charge in [0.15, 0.2) is 6.61 Å². The van der Waals surface area contributed by atoms with E-state index in [1.165, 1.54) is 4.68 Å². The maximum absolute atomic E-state index is 15.0. The van der Waals surface area contributed by atoms with Gasteiger partial charge in [0, 0.05) is 31.9 Å². The van der Waals surface area contributed by atoms with Crippen LogP contribution in [0.5, 0.6) is 5.75 Å². The van der Waals surface area contributed by atoms with E-state index in [9.17, 15) is 14.0 Å². The van der Waals surface area contributed by atoms with Gasteiger partial charge < -0.3 is 14.8 Å². The quantitative estimate of drug-likeness (QED) is 0.361. The summed E-state index contributed by atoms with van der Waals surface area (Å²) in [4.78, 5) is 32.2. The minimum Gasteiger partial charge on any atom is -0.482 e. The highest BCUT2D eigenvalue weighted by atomic mass is 19.1. The van der Waals surface area contributed by atoms with Crippen LogP contribution in [-0.2, 0) is 18.9 Å². The average Bonchev–Trinajstić information content (AvgIpc) is 3.64. The zero-order valence-corrected chi connectivity index (χ0v) is 20.4. The second kappa shape index (κ2) is 8.61. The molecule has 0 bridgehead atoms. The van der Waals surface area contributed by atoms with Gasteiger partial charge in [0.25, 0.3) is 0 Å². The molecular formula is C26H25FN6O4. The molecule has 0 unspecified atom stereocenters. The SMILES string of the molecule is Cn1cc(-c2[nH]c3ncc4c(c3c2-c2ccc(OCC(=O)O)cc2)n(C2CCCC2)c(=O)n4C)c(F)n1. The van der Waals surface area contributed by atoms with E-state index in [1.807, 2.05) is 4.57 Å². The normalized spacial score (nSPS) is 14.2. The number of carboxylic acids is 1. The number of carboxylic acid groups (broad SMARTS) is 1. The van der Waals surface area contributed by atoms with Gasteiger partial charge in [0.05, 0.1) is 33.9 Å². The van der Waals surface area contributed by atoms with E-state index in [1.54, 1.807) is 55.3 Å². The number of nitrogens with zero attached hydrogens (tertiary/aromatic N) is 5. The van der Waals surface area contributed by atoms with Crippen molar-refractivity contribution in [2.24, 2.45) is 14.1 Å². The highest BCUT2D eigenvalue weighted by molar-refractivity contribution is 6.14. The summed E-state index contributed by atoms with van der Waals surface area (Å²) in [7, 11) is 3.39. The number of imidazole rings is 1. The van der Waals surface area contributed by atoms with Gasteiger partial charge in [-0.25, -0.2) is 14.6 Å². The van der Waals surface area contributed by atoms with Gasteiger partial charge in [-0.3, -0.25) is 13.8 Å². The Morgan fingerprint density at radius 2 is 1.95 bits per heavy atom. The number of rotatable bonds is 6. The number of hydrogen-bond donors (Lipinski definition) is 2. The predicted octanol–water partition coefficient (Wildman–Crippen LogP) is 4.00. The third kappa shape index (κ3) is 3.69. The van der Waals surface area contributed by atoms with E-state index in [0.717, 1.165) is 42.1 Å². The molecule has 4 heterocycles. The van der Waals surface area contributed by atoms with E-state index in [0.29, 0.717) is 28.2 Å². The fourth-order valence-corrected chi connectivity index (χ4v) is 5.46. The third-order valence-electron chi connectivity index (χ3n) is 7.12. The Kier molecular flexibility index (Phi) is 5.36. The van der Waals surface area contributed by atoms with E-state index >= 15 is 0 Å². The number of aliphatic carboxylic acids is 1. The lowest BCUT2D eigenvalue weighted by atomic mass is 9.99. The first-order valence-electron chi connectivity index (χ1n) is 12.1. The van der Waals surface area contributed by atoms with Crippen LogP contribution in [-0.4, -0.2) is 46.6 Å². The lowest BCUT2D eigenvalue weighted by Crippen LogP contribution is -2.24. The fourth-order valence-electron chi connectivity index (χ4n) is 5.46. The zero-order valence-electron chi connectivity index (χ0n) is 20.4. The van der Waals surface area contributed by atoms with Crippen molar-refractivity contribution >= 4 is 28.0 Å². The zero-order chi connectivity index (χ0) is 25.8. The van der Waals surface area contributed by atoms with Gasteiger partial charge in [-0.05, 0) is 30.5 Å². The molecule has 10 nitrogen and oxygen atoms in total. The third-order valence-corrected chi connectivity index (χ3v) is 7.12. The molecule has 0 saturated heterocycles. The van der Waals surface area contributed by atoms with Crippen LogP contribution in [0.15, 0.2) is 41.5 Å². The van der Waals surface area contributed by atoms with Gasteiger partial charge >= 0.3 is 11.7 Å². The van der Waals surface area contributed by atoms with Crippen LogP contribution in [0.4, 0.5) is 4.39 Å². The standard InChI is InChI=1S/C26H25FN6O4/c1-31-12-17(24(27)30-31)22-20(14-7-9-16(10-8-14)37-13-19(34)35)21-23-18(11-28-25(21)29-22)32(2)26(36)33(23)15-5-3-4-6-15/h7-12,15H,3-6,13H2,1-2H3,(H,28,29)(H,34,35). The van der Waals surface area contributed by atoms with Crippen LogP contribution < -0.4 is 10.4 Å². The monoisotopic (exact) mass is 504 g/mol. The second-order valence-corrected chi connectivity index (χ2v) is 9.45. The van der Waals surface area contributed by atoms with E-state index < -0.39 is 18.5 Å². The van der Waals surface area contributed by atoms with Crippen molar-refractivity contribution in [3.63, 3.8) is 0 Å². The van der Waals surface area contributed by atoms with Gasteiger partial charge in [0.2, 0.25) is 5.95 Å². The summed E-state index contributed by atoms with van der Waals surface area (Å²) < 4.78 is 25.2. The van der Waals surface area contributed by atoms with E-state index in [-0.39, 0.29) is 17.3 Å². The first kappa shape index (κ1) is 23.0. The lowest BCUT2D eigenvalue weighted by Gasteiger charge is -2.13. The van der Waals surface area contributed by atoms with Crippen LogP contribution in [0.2, 0.25) is 0 Å². The number of benzene rings is 1. The number of halogens is 1. The molecule has 1 fully saturated rings. The molecule has 11 heteroatoms. The molecule has 1 aliphatic carbocycles. The molecule has 37 heavy (non-hydrogen) atoms. The van der Waals surface area contributed by atoms with Crippen molar-refractivity contribution in [3.8, 4) is 28.1 Å². The lowest BCUT2D eigenvalue weighted by molar-refractivity contribution is -0.139. The highest BCUT2D eigenvalue weighted by Gasteiger charge is 2.28. The molecule has 0 atom stereocenters. The van der Waals surface area contributed by atoms with Crippen molar-refractivity contribution in [1.29, 1.82) is 0 Å². The van der Waals surface area contributed by atoms with Gasteiger partial charge in [-0.2, -0.15) is 4.39 Å². The first-order valence-corrected chi connectivity index (χ1v) is 12.1. The summed E-state index contributed by atoms with van der Waals surface area (Å²) in [5.41, 5.74) is 4.08. The van der Waals surface area contributed by atoms with Crippen LogP contribution in [0.1, 0.15) is 31.7 Å². The second-order valence-electron chi connectivity index (χ2n) is 9.45. The number of aromatic amines is 1. The van der Waals surface area contributed by atoms with Crippen LogP contribution in [0, 0.1) is 5.95 Å². The van der Waals surface area contributed by atoms with E-state index in [4.69, 9.17) is 9.84 Å². The molecule has 1 aliphatic rings. The number of pyridine rings is 1. The van der Waals surface area contributed by atoms with Crippen LogP contribution in [0.3, 0.4) is 0 Å². The van der Waals surface area contributed by atoms with Crippen molar-refractivity contribution in [2.45, 2.75) is 31.7 Å². The van der Waals surface area contributed by atoms with Gasteiger partial charge in [-0.1, -0.05) is 25.0 Å². The summed E-state index contributed by atoms with van der Waals surface area (Å²) >= 11 is 0. The Morgan fingerprint density at radius 3 is 2.59 bits per heavy atom. The molecule has 1 aromatic carbocycles. The summed E-state index contributed by atoms with van der Waals surface area (Å²) in [6.07, 6.45) is 7.24. The topological polar surface area (TPSA) is 120 Å². The van der Waals surface area contributed by atoms with Crippen molar-refractivity contribution in [3.05, 3.63) is 53.1 Å². The summed E-state index contributed by atoms with van der Waals surface area (Å²) in [5, 5.41) is 13.5. The molecular weight excluding hydrogens is 479 g/mol. The molecule has 0 spiro atoms. The van der Waals surface area contributed by atoms with Gasteiger partial charge in [0.1, 0.15) is 11.4 Å². The molecule has 5 aromatic rings. The number of carbonyl (C=O) groups is 1. The van der Waals surface area contributed by atoms with Crippen molar-refractivity contribution in [2.75, 3.05) is 6.61 Å². The number of aromatic nitrogens is 6. The Balaban J connectivity index is 1.67. The Labute approximate surface area is 209 Å². The molecule has 190 valence electrons. The largest absolute Gasteiger partial charge is 0.482 e. The first-order chi connectivity index (χ1) is 17.8. The number of H-pyrrole nitrogens is 1. The highest BCUT2D eigenvalue weighted by Crippen LogP contribution is 2.43. The maximum atomic E-state index is 15.0. The molecule has 0 amide bonds. The minimum absolute atomic E-state index is 0.0786. The molecule has 4 aromatic heterocycles. The minimum atomic E-state index is -1.07. The number of ether oxygens (including phenoxy) is 1. The molecule has 0 aliphatic heterocycles. The number of hydrogen-bond acceptors (Lipinski definition) is 5. The molecule has 0 radical (unpaired) electrons. The molecule has 1 saturated carbocycles. The Bertz CT molecular complexity index is 1720. The van der Waals surface area contributed by atoms with E-state index in [2.05, 4.69) is 15.1 Å². The smallest absolute Gasteiger partial charge is 0.341 e. The number of fused-ring (bicyclic) bond motifs is 3. The maximum Gasteiger partial charge on any atom is 0.341 e. The number of aryl methyl sites for hydroxylation is 2. The number of nitrogens with one attached hydrogen (secondary N) is 1. The predicted molar refractivity (Wildman–Crippen MR) is 135 cm³/mol. The summed E-state index contributed by atoms with van der Waals surface area (Å²) in [5.74, 6) is -1.31. The molecule has 6 rings (SSSR count). The summed E-state index contributed by atoms with van der Waals surface area (Å²) in [6, 6.07) is 7.00. The van der Waals surface area contributed by atoms with Crippen LogP contribution >= 0.6 is 0 Å². The summed E-state index contributed by atoms with van der Waals surface area (Å²) in [6.45, 7) is -0.458. The van der Waals surface area contributed by atoms with Crippen LogP contribution in [0.25, 0.3) is 44.5 Å². The Hall–Kier alpha value is -4.41. The Morgan fingerprint density at radius 1 is 1.22 bits per heavy atom. The molecule has 2 N–H and O–H groups in total. The van der Waals surface area contributed by atoms with Crippen molar-refractivity contribution in [1.82, 2.24) is 28.9 Å². The fraction of sp³-hybridized carbons (Fsp3) is 0.308. The average molecular weight is 505 g/mol.